The summed E-state index contributed by atoms with van der Waals surface area (Å²) in [7, 11) is 0. The molecule has 0 bridgehead atoms. The lowest BCUT2D eigenvalue weighted by Crippen LogP contribution is -2.31. The summed E-state index contributed by atoms with van der Waals surface area (Å²) in [6, 6.07) is 12.7. The van der Waals surface area contributed by atoms with Crippen LogP contribution in [0, 0.1) is 17.1 Å². The van der Waals surface area contributed by atoms with Crippen LogP contribution in [-0.4, -0.2) is 22.3 Å². The minimum absolute atomic E-state index is 0.0344. The van der Waals surface area contributed by atoms with Crippen LogP contribution in [0.1, 0.15) is 28.5 Å². The van der Waals surface area contributed by atoms with Gasteiger partial charge in [0.1, 0.15) is 11.4 Å². The zero-order valence-electron chi connectivity index (χ0n) is 15.4. The number of benzene rings is 2. The molecule has 1 amide bonds. The van der Waals surface area contributed by atoms with Gasteiger partial charge in [0.05, 0.1) is 16.7 Å². The lowest BCUT2D eigenvalue weighted by Gasteiger charge is -2.21. The van der Waals surface area contributed by atoms with Crippen LogP contribution in [0.4, 0.5) is 4.39 Å². The van der Waals surface area contributed by atoms with Crippen LogP contribution < -0.4 is 4.74 Å². The number of halogens is 3. The molecule has 0 radical (unpaired) electrons. The largest absolute Gasteiger partial charge is 0.453 e. The molecule has 0 aliphatic carbocycles. The van der Waals surface area contributed by atoms with Crippen LogP contribution in [0.25, 0.3) is 0 Å². The average molecular weight is 432 g/mol. The maximum Gasteiger partial charge on any atom is 0.270 e. The molecule has 0 saturated carbocycles. The van der Waals surface area contributed by atoms with Crippen molar-refractivity contribution in [3.8, 4) is 17.6 Å². The van der Waals surface area contributed by atoms with E-state index in [0.717, 1.165) is 0 Å². The molecule has 0 atom stereocenters. The Morgan fingerprint density at radius 3 is 2.72 bits per heavy atom. The van der Waals surface area contributed by atoms with Crippen molar-refractivity contribution in [3.05, 3.63) is 81.3 Å². The molecule has 1 heterocycles. The third-order valence-corrected chi connectivity index (χ3v) is 4.72. The molecule has 29 heavy (non-hydrogen) atoms. The van der Waals surface area contributed by atoms with E-state index in [1.165, 1.54) is 35.2 Å². The first-order valence-corrected chi connectivity index (χ1v) is 9.46. The Balaban J connectivity index is 1.90. The van der Waals surface area contributed by atoms with E-state index in [9.17, 15) is 4.79 Å². The maximum absolute atomic E-state index is 15.2. The Morgan fingerprint density at radius 1 is 1.28 bits per heavy atom. The Kier molecular flexibility index (Phi) is 6.42. The highest BCUT2D eigenvalue weighted by Gasteiger charge is 2.20. The van der Waals surface area contributed by atoms with Crippen molar-refractivity contribution in [1.29, 1.82) is 5.26 Å². The highest BCUT2D eigenvalue weighted by molar-refractivity contribution is 6.32. The number of carbonyl (C=O) groups is 1. The molecule has 2 aromatic carbocycles. The van der Waals surface area contributed by atoms with E-state index in [1.54, 1.807) is 18.3 Å². The van der Waals surface area contributed by atoms with Crippen LogP contribution in [-0.2, 0) is 6.54 Å². The molecule has 5 nitrogen and oxygen atoms in total. The third-order valence-electron chi connectivity index (χ3n) is 4.21. The number of hydrogen-bond donors (Lipinski definition) is 1. The van der Waals surface area contributed by atoms with Crippen molar-refractivity contribution < 1.29 is 13.9 Å². The SMILES string of the molecule is CCN(Cc1ccc(Cl)c(Oc2cc(Cl)cc(C#N)c2)c1F)C(=O)c1ccc[nH]1. The number of aromatic amines is 1. The van der Waals surface area contributed by atoms with Gasteiger partial charge >= 0.3 is 0 Å². The summed E-state index contributed by atoms with van der Waals surface area (Å²) in [4.78, 5) is 16.9. The van der Waals surface area contributed by atoms with Gasteiger partial charge in [-0.1, -0.05) is 29.3 Å². The number of nitriles is 1. The highest BCUT2D eigenvalue weighted by atomic mass is 35.5. The number of nitrogens with zero attached hydrogens (tertiary/aromatic N) is 2. The molecular weight excluding hydrogens is 416 g/mol. The van der Waals surface area contributed by atoms with Gasteiger partial charge in [0.2, 0.25) is 0 Å². The second-order valence-electron chi connectivity index (χ2n) is 6.14. The monoisotopic (exact) mass is 431 g/mol. The van der Waals surface area contributed by atoms with Crippen molar-refractivity contribution in [3.63, 3.8) is 0 Å². The van der Waals surface area contributed by atoms with Crippen LogP contribution in [0.5, 0.6) is 11.5 Å². The number of carbonyl (C=O) groups excluding carboxylic acids is 1. The van der Waals surface area contributed by atoms with Crippen molar-refractivity contribution in [2.75, 3.05) is 6.54 Å². The molecule has 0 unspecified atom stereocenters. The van der Waals surface area contributed by atoms with Crippen molar-refractivity contribution in [1.82, 2.24) is 9.88 Å². The Hall–Kier alpha value is -3.01. The number of amides is 1. The van der Waals surface area contributed by atoms with Crippen LogP contribution >= 0.6 is 23.2 Å². The molecule has 8 heteroatoms. The molecule has 0 fully saturated rings. The predicted molar refractivity (Wildman–Crippen MR) is 109 cm³/mol. The maximum atomic E-state index is 15.2. The molecular formula is C21H16Cl2FN3O2. The fraction of sp³-hybridized carbons (Fsp3) is 0.143. The summed E-state index contributed by atoms with van der Waals surface area (Å²) in [5.74, 6) is -0.947. The van der Waals surface area contributed by atoms with Gasteiger partial charge in [0.15, 0.2) is 11.6 Å². The molecule has 0 aliphatic heterocycles. The van der Waals surface area contributed by atoms with Crippen molar-refractivity contribution >= 4 is 29.1 Å². The highest BCUT2D eigenvalue weighted by Crippen LogP contribution is 2.35. The van der Waals surface area contributed by atoms with Crippen LogP contribution in [0.3, 0.4) is 0 Å². The minimum Gasteiger partial charge on any atom is -0.453 e. The van der Waals surface area contributed by atoms with Gasteiger partial charge in [-0.05, 0) is 43.3 Å². The summed E-state index contributed by atoms with van der Waals surface area (Å²) in [5.41, 5.74) is 0.934. The number of hydrogen-bond acceptors (Lipinski definition) is 3. The molecule has 3 rings (SSSR count). The molecule has 1 aromatic heterocycles. The summed E-state index contributed by atoms with van der Waals surface area (Å²) in [5, 5.41) is 9.40. The Labute approximate surface area is 177 Å². The smallest absolute Gasteiger partial charge is 0.270 e. The first-order valence-electron chi connectivity index (χ1n) is 8.71. The minimum atomic E-state index is -0.686. The predicted octanol–water partition coefficient (Wildman–Crippen LogP) is 5.79. The Morgan fingerprint density at radius 2 is 2.07 bits per heavy atom. The summed E-state index contributed by atoms with van der Waals surface area (Å²) in [6.07, 6.45) is 1.65. The fourth-order valence-electron chi connectivity index (χ4n) is 2.76. The second-order valence-corrected chi connectivity index (χ2v) is 6.99. The van der Waals surface area contributed by atoms with Crippen molar-refractivity contribution in [2.24, 2.45) is 0 Å². The zero-order valence-corrected chi connectivity index (χ0v) is 16.9. The van der Waals surface area contributed by atoms with Gasteiger partial charge in [0.25, 0.3) is 5.91 Å². The van der Waals surface area contributed by atoms with E-state index >= 15 is 4.39 Å². The van der Waals surface area contributed by atoms with Gasteiger partial charge in [-0.2, -0.15) is 5.26 Å². The van der Waals surface area contributed by atoms with Gasteiger partial charge in [0, 0.05) is 29.9 Å². The summed E-state index contributed by atoms with van der Waals surface area (Å²) < 4.78 is 20.8. The molecule has 3 aromatic rings. The van der Waals surface area contributed by atoms with E-state index in [1.807, 2.05) is 13.0 Å². The van der Waals surface area contributed by atoms with Gasteiger partial charge in [-0.25, -0.2) is 4.39 Å². The fourth-order valence-corrected chi connectivity index (χ4v) is 3.17. The van der Waals surface area contributed by atoms with Gasteiger partial charge in [-0.3, -0.25) is 4.79 Å². The summed E-state index contributed by atoms with van der Waals surface area (Å²) >= 11 is 12.1. The number of aromatic nitrogens is 1. The number of ether oxygens (including phenoxy) is 1. The van der Waals surface area contributed by atoms with E-state index in [4.69, 9.17) is 33.2 Å². The molecule has 148 valence electrons. The molecule has 0 saturated heterocycles. The van der Waals surface area contributed by atoms with E-state index < -0.39 is 5.82 Å². The van der Waals surface area contributed by atoms with Gasteiger partial charge in [-0.15, -0.1) is 0 Å². The number of nitrogens with one attached hydrogen (secondary N) is 1. The third kappa shape index (κ3) is 4.70. The van der Waals surface area contributed by atoms with E-state index in [0.29, 0.717) is 12.2 Å². The molecule has 0 spiro atoms. The Bertz CT molecular complexity index is 1080. The van der Waals surface area contributed by atoms with E-state index in [2.05, 4.69) is 4.98 Å². The molecule has 0 aliphatic rings. The standard InChI is InChI=1S/C21H16Cl2FN3O2/c1-2-27(21(28)18-4-3-7-26-18)12-14-5-6-17(23)20(19(14)24)29-16-9-13(11-25)8-15(22)10-16/h3-10,26H,2,12H2,1H3. The van der Waals surface area contributed by atoms with E-state index in [-0.39, 0.29) is 45.1 Å². The second kappa shape index (κ2) is 8.99. The lowest BCUT2D eigenvalue weighted by atomic mass is 10.1. The lowest BCUT2D eigenvalue weighted by molar-refractivity contribution is 0.0745. The first kappa shape index (κ1) is 20.7. The topological polar surface area (TPSA) is 69.1 Å². The zero-order chi connectivity index (χ0) is 21.0. The summed E-state index contributed by atoms with van der Waals surface area (Å²) in [6.45, 7) is 2.23. The number of rotatable bonds is 6. The quantitative estimate of drug-likeness (QED) is 0.536. The number of H-pyrrole nitrogens is 1. The van der Waals surface area contributed by atoms with Crippen LogP contribution in [0.2, 0.25) is 10.0 Å². The molecule has 1 N–H and O–H groups in total. The normalized spacial score (nSPS) is 10.4. The van der Waals surface area contributed by atoms with Gasteiger partial charge < -0.3 is 14.6 Å². The average Bonchev–Trinajstić information content (AvgIpc) is 3.24. The van der Waals surface area contributed by atoms with Crippen molar-refractivity contribution in [2.45, 2.75) is 13.5 Å². The van der Waals surface area contributed by atoms with Crippen LogP contribution in [0.15, 0.2) is 48.7 Å². The first-order chi connectivity index (χ1) is 13.9.